The Morgan fingerprint density at radius 1 is 1.11 bits per heavy atom. The van der Waals surface area contributed by atoms with Gasteiger partial charge >= 0.3 is 6.36 Å². The van der Waals surface area contributed by atoms with Crippen molar-refractivity contribution in [1.29, 1.82) is 0 Å². The van der Waals surface area contributed by atoms with Crippen molar-refractivity contribution in [1.82, 2.24) is 4.98 Å². The number of ether oxygens (including phenoxy) is 2. The van der Waals surface area contributed by atoms with Crippen LogP contribution in [0.5, 0.6) is 11.5 Å². The van der Waals surface area contributed by atoms with Crippen LogP contribution in [0, 0.1) is 0 Å². The number of carbonyl (C=O) groups is 2. The minimum Gasteiger partial charge on any atom is -0.507 e. The zero-order valence-corrected chi connectivity index (χ0v) is 18.8. The van der Waals surface area contributed by atoms with Crippen molar-refractivity contribution < 1.29 is 37.3 Å². The van der Waals surface area contributed by atoms with E-state index in [0.717, 1.165) is 22.6 Å². The van der Waals surface area contributed by atoms with Gasteiger partial charge < -0.3 is 14.6 Å². The number of carbonyl (C=O) groups excluding carboxylic acids is 2. The number of aliphatic hydroxyl groups excluding tert-OH is 1. The Labute approximate surface area is 203 Å². The lowest BCUT2D eigenvalue weighted by Gasteiger charge is -2.25. The maximum atomic E-state index is 13.2. The lowest BCUT2D eigenvalue weighted by atomic mass is 9.96. The number of pyridine rings is 1. The molecule has 2 aromatic carbocycles. The van der Waals surface area contributed by atoms with Crippen LogP contribution in [0.4, 0.5) is 18.9 Å². The summed E-state index contributed by atoms with van der Waals surface area (Å²) < 4.78 is 48.0. The number of hydrogen-bond donors (Lipinski definition) is 1. The van der Waals surface area contributed by atoms with Gasteiger partial charge in [0.15, 0.2) is 0 Å². The lowest BCUT2D eigenvalue weighted by Crippen LogP contribution is -2.30. The molecular weight excluding hydrogens is 477 g/mol. The summed E-state index contributed by atoms with van der Waals surface area (Å²) in [5, 5.41) is 11.2. The van der Waals surface area contributed by atoms with Gasteiger partial charge in [0.1, 0.15) is 29.4 Å². The molecule has 184 valence electrons. The molecule has 1 fully saturated rings. The number of nitrogens with zero attached hydrogens (tertiary/aromatic N) is 2. The van der Waals surface area contributed by atoms with Crippen molar-refractivity contribution in [3.05, 3.63) is 89.3 Å². The van der Waals surface area contributed by atoms with Crippen LogP contribution < -0.4 is 14.4 Å². The van der Waals surface area contributed by atoms with E-state index in [-0.39, 0.29) is 23.1 Å². The Morgan fingerprint density at radius 3 is 2.64 bits per heavy atom. The first-order valence-corrected chi connectivity index (χ1v) is 11.0. The third-order valence-electron chi connectivity index (χ3n) is 5.91. The van der Waals surface area contributed by atoms with Crippen molar-refractivity contribution >= 4 is 23.1 Å². The van der Waals surface area contributed by atoms with Gasteiger partial charge in [-0.1, -0.05) is 12.1 Å². The number of amides is 1. The Balaban J connectivity index is 1.64. The Kier molecular flexibility index (Phi) is 5.66. The van der Waals surface area contributed by atoms with E-state index < -0.39 is 35.6 Å². The fourth-order valence-electron chi connectivity index (χ4n) is 4.47. The minimum absolute atomic E-state index is 0.0234. The predicted molar refractivity (Wildman–Crippen MR) is 122 cm³/mol. The highest BCUT2D eigenvalue weighted by molar-refractivity contribution is 6.51. The van der Waals surface area contributed by atoms with Gasteiger partial charge in [-0.25, -0.2) is 0 Å². The molecule has 1 amide bonds. The molecule has 1 N–H and O–H groups in total. The molecule has 0 aliphatic carbocycles. The molecule has 2 aliphatic heterocycles. The topological polar surface area (TPSA) is 89.0 Å². The number of ketones is 1. The van der Waals surface area contributed by atoms with Crippen LogP contribution in [0.3, 0.4) is 0 Å². The van der Waals surface area contributed by atoms with Gasteiger partial charge in [0.25, 0.3) is 11.7 Å². The maximum absolute atomic E-state index is 13.2. The molecule has 1 saturated heterocycles. The first-order valence-electron chi connectivity index (χ1n) is 11.0. The monoisotopic (exact) mass is 496 g/mol. The van der Waals surface area contributed by atoms with E-state index in [0.29, 0.717) is 17.7 Å². The molecule has 0 saturated carbocycles. The number of aromatic nitrogens is 1. The molecule has 3 aromatic rings. The largest absolute Gasteiger partial charge is 0.573 e. The van der Waals surface area contributed by atoms with Gasteiger partial charge in [-0.05, 0) is 55.0 Å². The fourth-order valence-corrected chi connectivity index (χ4v) is 4.47. The molecule has 1 aromatic heterocycles. The fraction of sp³-hybridized carbons (Fsp3) is 0.192. The van der Waals surface area contributed by atoms with Crippen LogP contribution in [0.2, 0.25) is 0 Å². The van der Waals surface area contributed by atoms with Crippen molar-refractivity contribution in [2.75, 3.05) is 4.90 Å². The maximum Gasteiger partial charge on any atom is 0.573 e. The number of alkyl halides is 3. The van der Waals surface area contributed by atoms with E-state index in [1.807, 2.05) is 6.92 Å². The summed E-state index contributed by atoms with van der Waals surface area (Å²) in [5.74, 6) is -2.32. The SMILES string of the molecule is CC1Cc2cc(/C(O)=C3/C(=O)C(=O)N(c4cccc(OC(F)(F)F)c4)C3c3ccccn3)ccc2O1. The van der Waals surface area contributed by atoms with E-state index in [2.05, 4.69) is 9.72 Å². The third-order valence-corrected chi connectivity index (χ3v) is 5.91. The first-order chi connectivity index (χ1) is 17.1. The molecule has 0 spiro atoms. The van der Waals surface area contributed by atoms with E-state index in [1.165, 1.54) is 18.3 Å². The second kappa shape index (κ2) is 8.71. The summed E-state index contributed by atoms with van der Waals surface area (Å²) in [5.41, 5.74) is 1.14. The molecule has 2 atom stereocenters. The van der Waals surface area contributed by atoms with Crippen LogP contribution in [0.1, 0.15) is 29.8 Å². The van der Waals surface area contributed by atoms with E-state index in [1.54, 1.807) is 36.4 Å². The predicted octanol–water partition coefficient (Wildman–Crippen LogP) is 4.93. The molecule has 36 heavy (non-hydrogen) atoms. The van der Waals surface area contributed by atoms with Gasteiger partial charge in [0, 0.05) is 29.9 Å². The van der Waals surface area contributed by atoms with Gasteiger partial charge in [0.05, 0.1) is 11.3 Å². The Morgan fingerprint density at radius 2 is 1.92 bits per heavy atom. The molecule has 5 rings (SSSR count). The smallest absolute Gasteiger partial charge is 0.507 e. The number of anilines is 1. The highest BCUT2D eigenvalue weighted by Crippen LogP contribution is 2.43. The number of rotatable bonds is 4. The van der Waals surface area contributed by atoms with Gasteiger partial charge in [0.2, 0.25) is 0 Å². The van der Waals surface area contributed by atoms with Crippen molar-refractivity contribution in [2.24, 2.45) is 0 Å². The molecule has 10 heteroatoms. The molecule has 2 aliphatic rings. The van der Waals surface area contributed by atoms with Crippen molar-refractivity contribution in [3.8, 4) is 11.5 Å². The summed E-state index contributed by atoms with van der Waals surface area (Å²) in [6.07, 6.45) is -2.92. The number of benzene rings is 2. The molecule has 3 heterocycles. The molecule has 2 unspecified atom stereocenters. The quantitative estimate of drug-likeness (QED) is 0.313. The zero-order chi connectivity index (χ0) is 25.6. The summed E-state index contributed by atoms with van der Waals surface area (Å²) >= 11 is 0. The zero-order valence-electron chi connectivity index (χ0n) is 18.8. The van der Waals surface area contributed by atoms with Crippen molar-refractivity contribution in [3.63, 3.8) is 0 Å². The molecule has 0 radical (unpaired) electrons. The molecule has 7 nitrogen and oxygen atoms in total. The highest BCUT2D eigenvalue weighted by atomic mass is 19.4. The minimum atomic E-state index is -4.94. The second-order valence-corrected chi connectivity index (χ2v) is 8.42. The highest BCUT2D eigenvalue weighted by Gasteiger charge is 2.48. The van der Waals surface area contributed by atoms with E-state index >= 15 is 0 Å². The number of halogens is 3. The average molecular weight is 496 g/mol. The van der Waals surface area contributed by atoms with Crippen LogP contribution in [0.15, 0.2) is 72.4 Å². The van der Waals surface area contributed by atoms with Crippen molar-refractivity contribution in [2.45, 2.75) is 31.9 Å². The lowest BCUT2D eigenvalue weighted by molar-refractivity contribution is -0.274. The second-order valence-electron chi connectivity index (χ2n) is 8.42. The van der Waals surface area contributed by atoms with E-state index in [4.69, 9.17) is 4.74 Å². The van der Waals surface area contributed by atoms with E-state index in [9.17, 15) is 27.9 Å². The van der Waals surface area contributed by atoms with Crippen LogP contribution in [0.25, 0.3) is 5.76 Å². The Hall–Kier alpha value is -4.34. The van der Waals surface area contributed by atoms with Crippen LogP contribution >= 0.6 is 0 Å². The van der Waals surface area contributed by atoms with Gasteiger partial charge in [-0.15, -0.1) is 13.2 Å². The van der Waals surface area contributed by atoms with Gasteiger partial charge in [-0.2, -0.15) is 0 Å². The summed E-state index contributed by atoms with van der Waals surface area (Å²) in [6, 6.07) is 13.3. The standard InChI is InChI=1S/C26H19F3N2O5/c1-14-11-16-12-15(8-9-20(16)35-14)23(32)21-22(19-7-2-3-10-30-19)31(25(34)24(21)33)17-5-4-6-18(13-17)36-26(27,28)29/h2-10,12-14,22,32H,11H2,1H3/b23-21-. The average Bonchev–Trinajstić information content (AvgIpc) is 3.33. The number of aliphatic hydroxyl groups is 1. The van der Waals surface area contributed by atoms with Crippen LogP contribution in [-0.4, -0.2) is 34.2 Å². The summed E-state index contributed by atoms with van der Waals surface area (Å²) in [7, 11) is 0. The molecule has 0 bridgehead atoms. The number of fused-ring (bicyclic) bond motifs is 1. The van der Waals surface area contributed by atoms with Gasteiger partial charge in [-0.3, -0.25) is 19.5 Å². The summed E-state index contributed by atoms with van der Waals surface area (Å²) in [6.45, 7) is 1.91. The number of hydrogen-bond acceptors (Lipinski definition) is 6. The normalized spacial score (nSPS) is 20.8. The first kappa shape index (κ1) is 23.4. The summed E-state index contributed by atoms with van der Waals surface area (Å²) in [4.78, 5) is 31.7. The van der Waals surface area contributed by atoms with Crippen LogP contribution in [-0.2, 0) is 16.0 Å². The Bertz CT molecular complexity index is 1390. The third kappa shape index (κ3) is 4.26. The molecular formula is C26H19F3N2O5. The number of Topliss-reactive ketones (excluding diaryl/α,β-unsaturated/α-hetero) is 1.